The molecule has 1 N–H and O–H groups in total. The first-order valence-electron chi connectivity index (χ1n) is 7.46. The van der Waals surface area contributed by atoms with Crippen LogP contribution in [0.3, 0.4) is 0 Å². The number of alkyl halides is 4. The van der Waals surface area contributed by atoms with Crippen molar-refractivity contribution in [1.82, 2.24) is 0 Å². The van der Waals surface area contributed by atoms with E-state index in [1.807, 2.05) is 0 Å². The Balaban J connectivity index is 1.93. The van der Waals surface area contributed by atoms with E-state index in [9.17, 15) is 19.5 Å². The van der Waals surface area contributed by atoms with Crippen LogP contribution in [-0.4, -0.2) is 37.0 Å². The Kier molecular flexibility index (Phi) is 4.13. The minimum atomic E-state index is -2.03. The Morgan fingerprint density at radius 3 is 1.81 bits per heavy atom. The van der Waals surface area contributed by atoms with E-state index < -0.39 is 43.7 Å². The van der Waals surface area contributed by atoms with Crippen LogP contribution in [0, 0.1) is 11.8 Å². The number of hydrogen-bond acceptors (Lipinski definition) is 3. The molecule has 2 aliphatic carbocycles. The fourth-order valence-corrected chi connectivity index (χ4v) is 7.01. The maximum absolute atomic E-state index is 13.2. The van der Waals surface area contributed by atoms with Gasteiger partial charge in [0.05, 0.1) is 33.2 Å². The van der Waals surface area contributed by atoms with Gasteiger partial charge in [-0.25, -0.2) is 9.69 Å². The molecule has 11 heteroatoms. The number of rotatable bonds is 2. The zero-order valence-electron chi connectivity index (χ0n) is 12.9. The smallest absolute Gasteiger partial charge is 0.337 e. The van der Waals surface area contributed by atoms with Gasteiger partial charge in [-0.1, -0.05) is 58.5 Å². The molecule has 0 radical (unpaired) electrons. The molecule has 5 nitrogen and oxygen atoms in total. The minimum Gasteiger partial charge on any atom is -0.478 e. The number of imide groups is 1. The number of carboxylic acid groups (broad SMARTS) is 1. The summed E-state index contributed by atoms with van der Waals surface area (Å²) in [5.74, 6) is -5.54. The van der Waals surface area contributed by atoms with Crippen LogP contribution < -0.4 is 4.90 Å². The summed E-state index contributed by atoms with van der Waals surface area (Å²) in [5.41, 5.74) is -0.358. The van der Waals surface area contributed by atoms with Crippen molar-refractivity contribution in [2.24, 2.45) is 11.8 Å². The molecule has 2 fully saturated rings. The summed E-state index contributed by atoms with van der Waals surface area (Å²) >= 11 is 38.4. The summed E-state index contributed by atoms with van der Waals surface area (Å²) in [6.45, 7) is 0. The average Bonchev–Trinajstić information content (AvgIpc) is 2.99. The molecule has 1 saturated carbocycles. The van der Waals surface area contributed by atoms with E-state index >= 15 is 0 Å². The third-order valence-electron chi connectivity index (χ3n) is 5.28. The van der Waals surface area contributed by atoms with E-state index in [0.29, 0.717) is 0 Å². The second kappa shape index (κ2) is 5.68. The molecule has 1 aromatic carbocycles. The molecule has 4 rings (SSSR count). The van der Waals surface area contributed by atoms with Gasteiger partial charge in [-0.3, -0.25) is 9.59 Å². The third kappa shape index (κ3) is 1.93. The van der Waals surface area contributed by atoms with Crippen molar-refractivity contribution >= 4 is 93.1 Å². The molecule has 1 heterocycles. The van der Waals surface area contributed by atoms with Crippen LogP contribution in [0.25, 0.3) is 0 Å². The topological polar surface area (TPSA) is 74.7 Å². The van der Waals surface area contributed by atoms with Gasteiger partial charge in [-0.15, -0.1) is 23.2 Å². The maximum atomic E-state index is 13.2. The number of carbonyl (C=O) groups excluding carboxylic acids is 2. The maximum Gasteiger partial charge on any atom is 0.337 e. The number of hydrogen-bond donors (Lipinski definition) is 1. The monoisotopic (exact) mass is 487 g/mol. The van der Waals surface area contributed by atoms with Gasteiger partial charge in [0.2, 0.25) is 11.8 Å². The molecule has 1 aromatic rings. The molecule has 4 unspecified atom stereocenters. The lowest BCUT2D eigenvalue weighted by molar-refractivity contribution is -0.123. The lowest BCUT2D eigenvalue weighted by Crippen LogP contribution is -2.50. The van der Waals surface area contributed by atoms with E-state index in [1.165, 1.54) is 24.3 Å². The Morgan fingerprint density at radius 1 is 0.926 bits per heavy atom. The molecule has 2 amide bonds. The Labute approximate surface area is 182 Å². The number of anilines is 1. The average molecular weight is 490 g/mol. The Morgan fingerprint density at radius 2 is 1.37 bits per heavy atom. The lowest BCUT2D eigenvalue weighted by atomic mass is 9.84. The number of amides is 2. The summed E-state index contributed by atoms with van der Waals surface area (Å²) in [4.78, 5) is 34.7. The van der Waals surface area contributed by atoms with Crippen molar-refractivity contribution in [2.75, 3.05) is 4.90 Å². The van der Waals surface area contributed by atoms with E-state index in [2.05, 4.69) is 0 Å². The van der Waals surface area contributed by atoms with Crippen LogP contribution in [0.2, 0.25) is 0 Å². The summed E-state index contributed by atoms with van der Waals surface area (Å²) in [6.07, 6.45) is 0. The molecule has 1 aliphatic heterocycles. The molecule has 1 saturated heterocycles. The van der Waals surface area contributed by atoms with Crippen molar-refractivity contribution in [3.8, 4) is 0 Å². The highest BCUT2D eigenvalue weighted by Gasteiger charge is 2.87. The first-order chi connectivity index (χ1) is 12.4. The number of nitrogens with zero attached hydrogens (tertiary/aromatic N) is 1. The summed E-state index contributed by atoms with van der Waals surface area (Å²) in [6, 6.07) is 5.55. The predicted octanol–water partition coefficient (Wildman–Crippen LogP) is 4.34. The van der Waals surface area contributed by atoms with Crippen LogP contribution >= 0.6 is 69.6 Å². The van der Waals surface area contributed by atoms with Gasteiger partial charge in [0.15, 0.2) is 4.33 Å². The summed E-state index contributed by atoms with van der Waals surface area (Å²) < 4.78 is -2.03. The molecule has 4 atom stereocenters. The largest absolute Gasteiger partial charge is 0.478 e. The van der Waals surface area contributed by atoms with Gasteiger partial charge in [-0.2, -0.15) is 0 Å². The van der Waals surface area contributed by atoms with E-state index in [0.717, 1.165) is 4.90 Å². The lowest BCUT2D eigenvalue weighted by Gasteiger charge is -2.34. The number of carboxylic acids is 1. The standard InChI is InChI=1S/C16H7Cl6NO4/c17-9-10(18)15(20)8-7(14(9,19)16(15,21)22)11(24)23(12(8)25)6-4-2-1-3-5(6)13(26)27/h1-4,7-8H,(H,26,27). The van der Waals surface area contributed by atoms with E-state index in [-0.39, 0.29) is 21.3 Å². The minimum absolute atomic E-state index is 0.115. The van der Waals surface area contributed by atoms with Crippen molar-refractivity contribution < 1.29 is 19.5 Å². The van der Waals surface area contributed by atoms with Gasteiger partial charge in [0.25, 0.3) is 0 Å². The van der Waals surface area contributed by atoms with Crippen LogP contribution in [0.1, 0.15) is 10.4 Å². The second-order valence-electron chi connectivity index (χ2n) is 6.42. The highest BCUT2D eigenvalue weighted by Crippen LogP contribution is 2.77. The number of aromatic carboxylic acids is 1. The molecule has 0 spiro atoms. The van der Waals surface area contributed by atoms with Crippen LogP contribution in [0.15, 0.2) is 34.3 Å². The quantitative estimate of drug-likeness (QED) is 0.495. The van der Waals surface area contributed by atoms with Gasteiger partial charge in [0.1, 0.15) is 9.75 Å². The molecule has 2 bridgehead atoms. The normalized spacial score (nSPS) is 36.6. The van der Waals surface area contributed by atoms with Crippen molar-refractivity contribution in [3.63, 3.8) is 0 Å². The van der Waals surface area contributed by atoms with E-state index in [1.54, 1.807) is 0 Å². The van der Waals surface area contributed by atoms with E-state index in [4.69, 9.17) is 69.6 Å². The number of para-hydroxylation sites is 1. The zero-order chi connectivity index (χ0) is 20.1. The molecule has 27 heavy (non-hydrogen) atoms. The van der Waals surface area contributed by atoms with Crippen LogP contribution in [0.5, 0.6) is 0 Å². The highest BCUT2D eigenvalue weighted by atomic mass is 35.5. The number of benzene rings is 1. The van der Waals surface area contributed by atoms with Crippen molar-refractivity contribution in [1.29, 1.82) is 0 Å². The Bertz CT molecular complexity index is 931. The first kappa shape index (κ1) is 19.6. The molecule has 142 valence electrons. The first-order valence-corrected chi connectivity index (χ1v) is 9.72. The second-order valence-corrected chi connectivity index (χ2v) is 9.69. The SMILES string of the molecule is O=C(O)c1ccccc1N1C(=O)C2C(C1=O)C1(Cl)C(Cl)=C(Cl)C2(Cl)C1(Cl)Cl. The molecular weight excluding hydrogens is 483 g/mol. The van der Waals surface area contributed by atoms with Gasteiger partial charge in [-0.05, 0) is 12.1 Å². The fourth-order valence-electron chi connectivity index (χ4n) is 4.08. The fraction of sp³-hybridized carbons (Fsp3) is 0.312. The van der Waals surface area contributed by atoms with Gasteiger partial charge < -0.3 is 5.11 Å². The zero-order valence-corrected chi connectivity index (χ0v) is 17.4. The summed E-state index contributed by atoms with van der Waals surface area (Å²) in [5, 5.41) is 8.98. The number of fused-ring (bicyclic) bond motifs is 5. The van der Waals surface area contributed by atoms with Crippen molar-refractivity contribution in [3.05, 3.63) is 39.9 Å². The number of allylic oxidation sites excluding steroid dienone is 2. The number of carbonyl (C=O) groups is 3. The highest BCUT2D eigenvalue weighted by molar-refractivity contribution is 6.67. The third-order valence-corrected chi connectivity index (χ3v) is 9.54. The Hall–Kier alpha value is -0.690. The van der Waals surface area contributed by atoms with Crippen LogP contribution in [0.4, 0.5) is 5.69 Å². The predicted molar refractivity (Wildman–Crippen MR) is 103 cm³/mol. The summed E-state index contributed by atoms with van der Waals surface area (Å²) in [7, 11) is 0. The van der Waals surface area contributed by atoms with Gasteiger partial charge >= 0.3 is 5.97 Å². The van der Waals surface area contributed by atoms with Crippen LogP contribution in [-0.2, 0) is 9.59 Å². The van der Waals surface area contributed by atoms with Crippen molar-refractivity contribution in [2.45, 2.75) is 14.1 Å². The molecule has 3 aliphatic rings. The number of halogens is 6. The molecular formula is C16H7Cl6NO4. The molecule has 0 aromatic heterocycles. The van der Waals surface area contributed by atoms with Gasteiger partial charge in [0, 0.05) is 0 Å².